The van der Waals surface area contributed by atoms with Gasteiger partial charge in [0.2, 0.25) is 5.95 Å². The Kier molecular flexibility index (Phi) is 6.14. The molecule has 266 valence electrons. The number of aryl methyl sites for hydroxylation is 1. The van der Waals surface area contributed by atoms with Gasteiger partial charge in [-0.25, -0.2) is 9.97 Å². The third-order valence-corrected chi connectivity index (χ3v) is 12.3. The molecule has 4 aliphatic rings. The van der Waals surface area contributed by atoms with E-state index >= 15 is 0 Å². The lowest BCUT2D eigenvalue weighted by atomic mass is 9.84. The monoisotopic (exact) mass is 723 g/mol. The molecule has 0 radical (unpaired) electrons. The first-order valence-electron chi connectivity index (χ1n) is 19.6. The fourth-order valence-corrected chi connectivity index (χ4v) is 9.81. The zero-order valence-corrected chi connectivity index (χ0v) is 30.3. The largest absolute Gasteiger partial charge is 0.460 e. The van der Waals surface area contributed by atoms with E-state index in [1.54, 1.807) is 0 Å². The third kappa shape index (κ3) is 4.21. The lowest BCUT2D eigenvalue weighted by Gasteiger charge is -2.28. The van der Waals surface area contributed by atoms with Crippen LogP contribution >= 0.6 is 0 Å². The second-order valence-corrected chi connectivity index (χ2v) is 15.4. The summed E-state index contributed by atoms with van der Waals surface area (Å²) in [7, 11) is 0. The lowest BCUT2D eigenvalue weighted by molar-refractivity contribution is 0.504. The van der Waals surface area contributed by atoms with Crippen molar-refractivity contribution in [1.82, 2.24) is 9.97 Å². The van der Waals surface area contributed by atoms with E-state index in [1.807, 2.05) is 18.2 Å². The van der Waals surface area contributed by atoms with Gasteiger partial charge in [0.1, 0.15) is 33.9 Å². The number of anilines is 2. The van der Waals surface area contributed by atoms with Crippen LogP contribution in [0.5, 0.6) is 0 Å². The number of rotatable bonds is 3. The summed E-state index contributed by atoms with van der Waals surface area (Å²) in [6, 6.07) is 36.3. The Hall–Kier alpha value is -6.92. The molecule has 0 saturated heterocycles. The van der Waals surface area contributed by atoms with Crippen molar-refractivity contribution in [1.29, 1.82) is 0 Å². The standard InChI is InChI=1S/C50H33N3O3/c1-5-16-39-37(13-1)47(29-20-22-34-31-10-2-6-17-42(31)54-45(34)27-29)52-50(51-39)53-40-24-21-28(30-14-9-15-35-32-11-3-7-18-43(32)55-48(30)35)26-38(40)46-41(53)25-23-36-33-12-4-8-19-44(33)56-49(36)46/h2,4,6-10,12-27,41,46H,1,3,5,11H2. The highest BCUT2D eigenvalue weighted by molar-refractivity contribution is 6.06. The smallest absolute Gasteiger partial charge is 0.231 e. The van der Waals surface area contributed by atoms with Crippen LogP contribution in [0.4, 0.5) is 11.6 Å². The molecule has 4 aromatic heterocycles. The zero-order valence-electron chi connectivity index (χ0n) is 30.3. The van der Waals surface area contributed by atoms with Gasteiger partial charge in [0.15, 0.2) is 0 Å². The summed E-state index contributed by atoms with van der Waals surface area (Å²) in [5.41, 5.74) is 12.4. The van der Waals surface area contributed by atoms with E-state index in [1.165, 1.54) is 16.5 Å². The Morgan fingerprint density at radius 3 is 2.41 bits per heavy atom. The van der Waals surface area contributed by atoms with Gasteiger partial charge in [-0.2, -0.15) is 0 Å². The molecule has 0 bridgehead atoms. The van der Waals surface area contributed by atoms with Gasteiger partial charge < -0.3 is 18.2 Å². The number of furan rings is 3. The van der Waals surface area contributed by atoms with Crippen LogP contribution in [0.15, 0.2) is 129 Å². The Labute approximate surface area is 321 Å². The number of fused-ring (bicyclic) bond motifs is 14. The predicted molar refractivity (Wildman–Crippen MR) is 224 cm³/mol. The molecule has 0 saturated carbocycles. The summed E-state index contributed by atoms with van der Waals surface area (Å²) in [5, 5.41) is 6.59. The lowest BCUT2D eigenvalue weighted by Crippen LogP contribution is -2.38. The van der Waals surface area contributed by atoms with Crippen molar-refractivity contribution in [3.8, 4) is 22.4 Å². The minimum absolute atomic E-state index is 0.0742. The number of para-hydroxylation sites is 3. The highest BCUT2D eigenvalue weighted by Crippen LogP contribution is 2.53. The summed E-state index contributed by atoms with van der Waals surface area (Å²) in [4.78, 5) is 13.2. The molecule has 3 aliphatic carbocycles. The van der Waals surface area contributed by atoms with Crippen LogP contribution in [0.3, 0.4) is 0 Å². The molecule has 13 rings (SSSR count). The predicted octanol–water partition coefficient (Wildman–Crippen LogP) is 11.2. The summed E-state index contributed by atoms with van der Waals surface area (Å²) < 4.78 is 19.7. The van der Waals surface area contributed by atoms with E-state index in [0.29, 0.717) is 5.95 Å². The van der Waals surface area contributed by atoms with Gasteiger partial charge in [-0.05, 0) is 79.3 Å². The van der Waals surface area contributed by atoms with Crippen molar-refractivity contribution in [2.24, 2.45) is 0 Å². The van der Waals surface area contributed by atoms with E-state index < -0.39 is 0 Å². The van der Waals surface area contributed by atoms with Crippen molar-refractivity contribution in [3.05, 3.63) is 154 Å². The normalized spacial score (nSPS) is 17.8. The fraction of sp³-hybridized carbons (Fsp3) is 0.120. The first-order chi connectivity index (χ1) is 27.7. The van der Waals surface area contributed by atoms with Crippen molar-refractivity contribution in [2.45, 2.75) is 37.6 Å². The summed E-state index contributed by atoms with van der Waals surface area (Å²) >= 11 is 0. The molecular formula is C50H33N3O3. The van der Waals surface area contributed by atoms with E-state index in [4.69, 9.17) is 23.2 Å². The third-order valence-electron chi connectivity index (χ3n) is 12.3. The van der Waals surface area contributed by atoms with Gasteiger partial charge in [0, 0.05) is 54.7 Å². The molecular weight excluding hydrogens is 691 g/mol. The van der Waals surface area contributed by atoms with Crippen LogP contribution in [0.25, 0.3) is 90.6 Å². The van der Waals surface area contributed by atoms with Crippen LogP contribution in [0.2, 0.25) is 0 Å². The molecule has 1 aliphatic heterocycles. The number of nitrogens with zero attached hydrogens (tertiary/aromatic N) is 3. The Morgan fingerprint density at radius 1 is 0.643 bits per heavy atom. The van der Waals surface area contributed by atoms with Gasteiger partial charge in [-0.3, -0.25) is 0 Å². The van der Waals surface area contributed by atoms with Gasteiger partial charge in [0.25, 0.3) is 0 Å². The first kappa shape index (κ1) is 30.4. The fourth-order valence-electron chi connectivity index (χ4n) is 9.81. The second kappa shape index (κ2) is 11.3. The first-order valence-corrected chi connectivity index (χ1v) is 19.6. The Bertz CT molecular complexity index is 3360. The zero-order chi connectivity index (χ0) is 36.5. The SMILES string of the molecule is C1=Cc2oc3c(-c4ccc5c(c4)C4c6oc7ccccc7c6C=CC4N5c4nc(-c5ccc6c(c5)oc5ccccc56)c5c(n4)=CCCC=5)cccc3c2CC1. The molecule has 9 aromatic rings. The molecule has 0 spiro atoms. The van der Waals surface area contributed by atoms with Crippen LogP contribution < -0.4 is 15.5 Å². The number of hydrogen-bond acceptors (Lipinski definition) is 6. The number of allylic oxidation sites excluding steroid dienone is 1. The highest BCUT2D eigenvalue weighted by atomic mass is 16.3. The van der Waals surface area contributed by atoms with Crippen molar-refractivity contribution in [2.75, 3.05) is 4.90 Å². The molecule has 5 aromatic carbocycles. The van der Waals surface area contributed by atoms with Gasteiger partial charge in [0.05, 0.1) is 23.0 Å². The molecule has 0 N–H and O–H groups in total. The quantitative estimate of drug-likeness (QED) is 0.181. The molecule has 2 unspecified atom stereocenters. The summed E-state index contributed by atoms with van der Waals surface area (Å²) in [6.45, 7) is 0. The maximum atomic E-state index is 6.80. The molecule has 6 heteroatoms. The van der Waals surface area contributed by atoms with Crippen molar-refractivity contribution >= 4 is 79.8 Å². The number of aromatic nitrogens is 2. The van der Waals surface area contributed by atoms with Gasteiger partial charge >= 0.3 is 0 Å². The number of hydrogen-bond donors (Lipinski definition) is 0. The molecule has 2 atom stereocenters. The summed E-state index contributed by atoms with van der Waals surface area (Å²) in [5.74, 6) is 2.55. The topological polar surface area (TPSA) is 68.4 Å². The van der Waals surface area contributed by atoms with Gasteiger partial charge in [-0.15, -0.1) is 0 Å². The molecule has 56 heavy (non-hydrogen) atoms. The second-order valence-electron chi connectivity index (χ2n) is 15.4. The number of benzene rings is 5. The minimum Gasteiger partial charge on any atom is -0.460 e. The summed E-state index contributed by atoms with van der Waals surface area (Å²) in [6.07, 6.45) is 17.4. The Balaban J connectivity index is 1.02. The van der Waals surface area contributed by atoms with Gasteiger partial charge in [-0.1, -0.05) is 97.1 Å². The van der Waals surface area contributed by atoms with Crippen molar-refractivity contribution in [3.63, 3.8) is 0 Å². The van der Waals surface area contributed by atoms with E-state index in [2.05, 4.69) is 126 Å². The Morgan fingerprint density at radius 2 is 1.46 bits per heavy atom. The van der Waals surface area contributed by atoms with E-state index in [0.717, 1.165) is 120 Å². The van der Waals surface area contributed by atoms with E-state index in [-0.39, 0.29) is 12.0 Å². The maximum Gasteiger partial charge on any atom is 0.231 e. The molecule has 0 fully saturated rings. The molecule has 5 heterocycles. The van der Waals surface area contributed by atoms with Crippen LogP contribution in [0, 0.1) is 0 Å². The van der Waals surface area contributed by atoms with Crippen LogP contribution in [-0.2, 0) is 6.42 Å². The average Bonchev–Trinajstić information content (AvgIpc) is 4.01. The van der Waals surface area contributed by atoms with Crippen LogP contribution in [0.1, 0.15) is 53.4 Å². The van der Waals surface area contributed by atoms with E-state index in [9.17, 15) is 0 Å². The average molecular weight is 724 g/mol. The molecule has 6 nitrogen and oxygen atoms in total. The van der Waals surface area contributed by atoms with Crippen LogP contribution in [-0.4, -0.2) is 16.0 Å². The molecule has 0 amide bonds. The highest BCUT2D eigenvalue weighted by Gasteiger charge is 2.45. The maximum absolute atomic E-state index is 6.80. The minimum atomic E-state index is -0.0958. The van der Waals surface area contributed by atoms with Crippen molar-refractivity contribution < 1.29 is 13.3 Å².